The minimum Gasteiger partial charge on any atom is -0.379 e. The molecule has 1 saturated heterocycles. The van der Waals surface area contributed by atoms with Gasteiger partial charge in [-0.2, -0.15) is 0 Å². The molecule has 63 heavy (non-hydrogen) atoms. The van der Waals surface area contributed by atoms with Crippen molar-refractivity contribution in [2.24, 2.45) is 0 Å². The van der Waals surface area contributed by atoms with E-state index in [4.69, 9.17) is 52.1 Å². The molecule has 1 aromatic rings. The largest absolute Gasteiger partial charge is 0.379 e. The van der Waals surface area contributed by atoms with Crippen molar-refractivity contribution in [3.63, 3.8) is 0 Å². The van der Waals surface area contributed by atoms with Crippen LogP contribution in [0.4, 0.5) is 5.69 Å². The second-order valence-electron chi connectivity index (χ2n) is 14.6. The number of fused-ring (bicyclic) bond motifs is 1. The van der Waals surface area contributed by atoms with E-state index < -0.39 is 29.7 Å². The highest BCUT2D eigenvalue weighted by Gasteiger charge is 2.45. The summed E-state index contributed by atoms with van der Waals surface area (Å²) in [6.45, 7) is 11.9. The monoisotopic (exact) mass is 898 g/mol. The number of nitrogens with zero attached hydrogens (tertiary/aromatic N) is 2. The summed E-state index contributed by atoms with van der Waals surface area (Å²) in [5, 5.41) is 4.91. The van der Waals surface area contributed by atoms with Gasteiger partial charge in [0.05, 0.1) is 156 Å². The van der Waals surface area contributed by atoms with Crippen LogP contribution >= 0.6 is 0 Å². The molecule has 1 fully saturated rings. The van der Waals surface area contributed by atoms with Gasteiger partial charge in [-0.15, -0.1) is 0 Å². The molecule has 1 aromatic carbocycles. The Morgan fingerprint density at radius 2 is 1.02 bits per heavy atom. The number of amides is 5. The summed E-state index contributed by atoms with van der Waals surface area (Å²) >= 11 is 0. The third-order valence-electron chi connectivity index (χ3n) is 9.34. The highest BCUT2D eigenvalue weighted by atomic mass is 16.6. The average molecular weight is 899 g/mol. The van der Waals surface area contributed by atoms with E-state index in [0.717, 1.165) is 24.3 Å². The molecule has 3 rings (SSSR count). The zero-order valence-electron chi connectivity index (χ0n) is 37.2. The van der Waals surface area contributed by atoms with Crippen molar-refractivity contribution in [2.45, 2.75) is 44.6 Å². The van der Waals surface area contributed by atoms with Gasteiger partial charge in [0, 0.05) is 26.0 Å². The Hall–Kier alpha value is -3.51. The molecular formula is C43H70N4O16. The first-order valence-electron chi connectivity index (χ1n) is 21.9. The molecule has 0 saturated carbocycles. The number of imide groups is 2. The van der Waals surface area contributed by atoms with Crippen molar-refractivity contribution in [3.8, 4) is 0 Å². The Morgan fingerprint density at radius 1 is 0.587 bits per heavy atom. The van der Waals surface area contributed by atoms with E-state index in [1.54, 1.807) is 12.1 Å². The summed E-state index contributed by atoms with van der Waals surface area (Å²) < 4.78 is 60.5. The molecule has 20 heteroatoms. The van der Waals surface area contributed by atoms with E-state index in [-0.39, 0.29) is 42.0 Å². The van der Waals surface area contributed by atoms with Crippen LogP contribution in [0.1, 0.15) is 59.2 Å². The Kier molecular flexibility index (Phi) is 29.8. The maximum atomic E-state index is 13.2. The van der Waals surface area contributed by atoms with Crippen LogP contribution in [-0.2, 0) is 66.5 Å². The number of rotatable bonds is 41. The maximum Gasteiger partial charge on any atom is 0.264 e. The number of nitrogens with one attached hydrogen (secondary N) is 2. The predicted octanol–water partition coefficient (Wildman–Crippen LogP) is 1.33. The van der Waals surface area contributed by atoms with Crippen molar-refractivity contribution in [3.05, 3.63) is 29.3 Å². The van der Waals surface area contributed by atoms with Gasteiger partial charge in [-0.25, -0.2) is 0 Å². The lowest BCUT2D eigenvalue weighted by Crippen LogP contribution is -2.54. The van der Waals surface area contributed by atoms with Crippen molar-refractivity contribution >= 4 is 35.2 Å². The summed E-state index contributed by atoms with van der Waals surface area (Å²) in [7, 11) is 4.03. The maximum absolute atomic E-state index is 13.2. The second kappa shape index (κ2) is 34.8. The van der Waals surface area contributed by atoms with Gasteiger partial charge < -0.3 is 62.3 Å². The van der Waals surface area contributed by atoms with Gasteiger partial charge in [-0.3, -0.25) is 34.2 Å². The number of hydrogen-bond acceptors (Lipinski definition) is 17. The lowest BCUT2D eigenvalue weighted by Gasteiger charge is -2.27. The molecule has 2 N–H and O–H groups in total. The highest BCUT2D eigenvalue weighted by Crippen LogP contribution is 2.32. The van der Waals surface area contributed by atoms with Gasteiger partial charge in [0.1, 0.15) is 6.04 Å². The molecule has 0 aromatic heterocycles. The molecular weight excluding hydrogens is 828 g/mol. The zero-order chi connectivity index (χ0) is 45.2. The fourth-order valence-electron chi connectivity index (χ4n) is 6.05. The lowest BCUT2D eigenvalue weighted by atomic mass is 10.0. The van der Waals surface area contributed by atoms with Crippen molar-refractivity contribution in [1.82, 2.24) is 15.1 Å². The molecule has 2 heterocycles. The molecule has 0 bridgehead atoms. The smallest absolute Gasteiger partial charge is 0.264 e. The van der Waals surface area contributed by atoms with Gasteiger partial charge >= 0.3 is 0 Å². The zero-order valence-corrected chi connectivity index (χ0v) is 37.2. The van der Waals surface area contributed by atoms with E-state index in [0.29, 0.717) is 152 Å². The SMILES string of the molecule is CN(C)CCOCCOCCOCCOCCOCCOCCOCCOCCOCCOCCOCCCCCC(=O)Nc1cccc2c1C(=O)N(C1CCC(=O)NC1=O)C2=O. The summed E-state index contributed by atoms with van der Waals surface area (Å²) in [4.78, 5) is 65.7. The van der Waals surface area contributed by atoms with Crippen LogP contribution in [0.15, 0.2) is 18.2 Å². The lowest BCUT2D eigenvalue weighted by molar-refractivity contribution is -0.136. The molecule has 5 amide bonds. The number of carbonyl (C=O) groups excluding carboxylic acids is 5. The summed E-state index contributed by atoms with van der Waals surface area (Å²) in [6, 6.07) is 3.53. The van der Waals surface area contributed by atoms with E-state index in [9.17, 15) is 24.0 Å². The van der Waals surface area contributed by atoms with Crippen molar-refractivity contribution in [1.29, 1.82) is 0 Å². The Balaban J connectivity index is 0.984. The predicted molar refractivity (Wildman–Crippen MR) is 228 cm³/mol. The van der Waals surface area contributed by atoms with Crippen LogP contribution in [0.3, 0.4) is 0 Å². The number of ether oxygens (including phenoxy) is 11. The quantitative estimate of drug-likeness (QED) is 0.0700. The molecule has 20 nitrogen and oxygen atoms in total. The van der Waals surface area contributed by atoms with Crippen LogP contribution in [0.25, 0.3) is 0 Å². The summed E-state index contributed by atoms with van der Waals surface area (Å²) in [5.74, 6) is -2.72. The third kappa shape index (κ3) is 23.8. The van der Waals surface area contributed by atoms with Gasteiger partial charge in [-0.1, -0.05) is 12.5 Å². The fourth-order valence-corrected chi connectivity index (χ4v) is 6.05. The number of hydrogen-bond donors (Lipinski definition) is 2. The van der Waals surface area contributed by atoms with Crippen LogP contribution in [0, 0.1) is 0 Å². The van der Waals surface area contributed by atoms with Gasteiger partial charge in [0.2, 0.25) is 17.7 Å². The molecule has 0 aliphatic carbocycles. The Bertz CT molecular complexity index is 1450. The van der Waals surface area contributed by atoms with E-state index in [2.05, 4.69) is 15.5 Å². The van der Waals surface area contributed by atoms with Gasteiger partial charge in [0.15, 0.2) is 0 Å². The average Bonchev–Trinajstić information content (AvgIpc) is 3.52. The molecule has 0 radical (unpaired) electrons. The normalized spacial score (nSPS) is 15.2. The van der Waals surface area contributed by atoms with Gasteiger partial charge in [0.25, 0.3) is 11.8 Å². The molecule has 358 valence electrons. The molecule has 1 unspecified atom stereocenters. The number of carbonyl (C=O) groups is 5. The standard InChI is InChI=1S/C43H70N4O16/c1-46(2)12-14-54-16-18-56-20-22-58-24-26-60-28-30-62-32-34-63-33-31-61-29-27-59-25-23-57-21-19-55-17-15-53-13-5-3-4-9-38(48)44-36-8-6-7-35-40(36)43(52)47(42(35)51)37-10-11-39(49)45-41(37)50/h6-8,37H,3-5,9-34H2,1-2H3,(H,44,48)(H,45,49,50). The fraction of sp³-hybridized carbons (Fsp3) is 0.744. The number of anilines is 1. The molecule has 2 aliphatic rings. The topological polar surface area (TPSA) is 217 Å². The second-order valence-corrected chi connectivity index (χ2v) is 14.6. The molecule has 1 atom stereocenters. The van der Waals surface area contributed by atoms with Crippen molar-refractivity contribution < 1.29 is 76.1 Å². The molecule has 0 spiro atoms. The number of piperidine rings is 1. The number of benzene rings is 1. The van der Waals surface area contributed by atoms with Gasteiger partial charge in [-0.05, 0) is 45.5 Å². The third-order valence-corrected chi connectivity index (χ3v) is 9.34. The van der Waals surface area contributed by atoms with E-state index >= 15 is 0 Å². The van der Waals surface area contributed by atoms with Crippen LogP contribution in [0.2, 0.25) is 0 Å². The number of likely N-dealkylation sites (N-methyl/N-ethyl adjacent to an activating group) is 1. The summed E-state index contributed by atoms with van der Waals surface area (Å²) in [5.41, 5.74) is 0.380. The summed E-state index contributed by atoms with van der Waals surface area (Å²) in [6.07, 6.45) is 2.44. The Labute approximate surface area is 371 Å². The minimum atomic E-state index is -1.07. The van der Waals surface area contributed by atoms with E-state index in [1.807, 2.05) is 14.1 Å². The van der Waals surface area contributed by atoms with E-state index in [1.165, 1.54) is 6.07 Å². The Morgan fingerprint density at radius 3 is 1.44 bits per heavy atom. The minimum absolute atomic E-state index is 0.0274. The van der Waals surface area contributed by atoms with Crippen LogP contribution in [-0.4, -0.2) is 211 Å². The first kappa shape index (κ1) is 53.8. The molecule has 2 aliphatic heterocycles. The van der Waals surface area contributed by atoms with Crippen LogP contribution < -0.4 is 10.6 Å². The van der Waals surface area contributed by atoms with Crippen molar-refractivity contribution in [2.75, 3.05) is 171 Å². The number of unbranched alkanes of at least 4 members (excludes halogenated alkanes) is 2. The first-order chi connectivity index (χ1) is 30.8. The van der Waals surface area contributed by atoms with Crippen LogP contribution in [0.5, 0.6) is 0 Å². The highest BCUT2D eigenvalue weighted by molar-refractivity contribution is 6.26. The first-order valence-corrected chi connectivity index (χ1v) is 21.9.